The molecule has 10 nitrogen and oxygen atoms in total. The first-order valence-corrected chi connectivity index (χ1v) is 8.34. The number of carbonyl (C=O) groups is 4. The van der Waals surface area contributed by atoms with Crippen LogP contribution in [0.4, 0.5) is 0 Å². The number of amides is 1. The van der Waals surface area contributed by atoms with Gasteiger partial charge in [-0.25, -0.2) is 9.59 Å². The number of carbonyl (C=O) groups excluding carboxylic acids is 4. The highest BCUT2D eigenvalue weighted by molar-refractivity contribution is 5.92. The second kappa shape index (κ2) is 10.9. The zero-order valence-electron chi connectivity index (χ0n) is 15.9. The van der Waals surface area contributed by atoms with Crippen molar-refractivity contribution >= 4 is 23.8 Å². The number of hydrogen-bond donors (Lipinski definition) is 3. The first-order valence-electron chi connectivity index (χ1n) is 8.34. The number of ether oxygens (including phenoxy) is 3. The van der Waals surface area contributed by atoms with Crippen molar-refractivity contribution in [2.24, 2.45) is 5.73 Å². The molecule has 0 radical (unpaired) electrons. The number of aromatic hydroxyl groups is 1. The van der Waals surface area contributed by atoms with Gasteiger partial charge in [-0.05, 0) is 24.1 Å². The van der Waals surface area contributed by atoms with Gasteiger partial charge in [0.25, 0.3) is 0 Å². The SMILES string of the molecule is COC(=O)CC[C@H](N)C(=O)N[C@@H](Cc1ccc(O)c(C(=O)OC)c1)C(=O)OC. The van der Waals surface area contributed by atoms with Crippen molar-refractivity contribution < 1.29 is 38.5 Å². The van der Waals surface area contributed by atoms with E-state index < -0.39 is 35.9 Å². The van der Waals surface area contributed by atoms with Crippen LogP contribution in [0.3, 0.4) is 0 Å². The number of methoxy groups -OCH3 is 3. The Balaban J connectivity index is 2.89. The molecule has 0 bridgehead atoms. The number of rotatable bonds is 9. The highest BCUT2D eigenvalue weighted by Crippen LogP contribution is 2.20. The Morgan fingerprint density at radius 3 is 2.36 bits per heavy atom. The standard InChI is InChI=1S/C18H24N2O8/c1-26-15(22)7-5-12(19)16(23)20-13(18(25)28-3)9-10-4-6-14(21)11(8-10)17(24)27-2/h4,6,8,12-13,21H,5,7,9,19H2,1-3H3,(H,20,23)/t12-,13-/m0/s1. The lowest BCUT2D eigenvalue weighted by Gasteiger charge is -2.19. The molecule has 2 atom stereocenters. The largest absolute Gasteiger partial charge is 0.507 e. The fourth-order valence-electron chi connectivity index (χ4n) is 2.34. The Morgan fingerprint density at radius 2 is 1.79 bits per heavy atom. The summed E-state index contributed by atoms with van der Waals surface area (Å²) in [6, 6.07) is 2.00. The molecule has 0 spiro atoms. The lowest BCUT2D eigenvalue weighted by atomic mass is 10.0. The smallest absolute Gasteiger partial charge is 0.341 e. The Bertz CT molecular complexity index is 734. The van der Waals surface area contributed by atoms with Gasteiger partial charge in [0.15, 0.2) is 0 Å². The van der Waals surface area contributed by atoms with E-state index in [-0.39, 0.29) is 30.6 Å². The van der Waals surface area contributed by atoms with Crippen LogP contribution in [0.1, 0.15) is 28.8 Å². The van der Waals surface area contributed by atoms with E-state index in [0.29, 0.717) is 5.56 Å². The van der Waals surface area contributed by atoms with Crippen LogP contribution in [-0.4, -0.2) is 62.3 Å². The third kappa shape index (κ3) is 6.54. The van der Waals surface area contributed by atoms with Crippen LogP contribution < -0.4 is 11.1 Å². The van der Waals surface area contributed by atoms with Gasteiger partial charge in [-0.15, -0.1) is 0 Å². The third-order valence-electron chi connectivity index (χ3n) is 3.93. The molecule has 0 aliphatic heterocycles. The topological polar surface area (TPSA) is 154 Å². The molecule has 1 aromatic carbocycles. The second-order valence-electron chi connectivity index (χ2n) is 5.85. The van der Waals surface area contributed by atoms with E-state index in [1.165, 1.54) is 32.4 Å². The molecule has 0 aromatic heterocycles. The summed E-state index contributed by atoms with van der Waals surface area (Å²) in [5.74, 6) is -2.90. The molecular weight excluding hydrogens is 372 g/mol. The van der Waals surface area contributed by atoms with Crippen LogP contribution in [0.5, 0.6) is 5.75 Å². The van der Waals surface area contributed by atoms with Crippen molar-refractivity contribution in [1.82, 2.24) is 5.32 Å². The maximum Gasteiger partial charge on any atom is 0.341 e. The van der Waals surface area contributed by atoms with E-state index in [4.69, 9.17) is 10.5 Å². The summed E-state index contributed by atoms with van der Waals surface area (Å²) in [6.07, 6.45) is -0.0288. The number of phenols is 1. The zero-order chi connectivity index (χ0) is 21.3. The summed E-state index contributed by atoms with van der Waals surface area (Å²) < 4.78 is 13.8. The van der Waals surface area contributed by atoms with Crippen LogP contribution in [0.2, 0.25) is 0 Å². The summed E-state index contributed by atoms with van der Waals surface area (Å²) in [6.45, 7) is 0. The molecule has 28 heavy (non-hydrogen) atoms. The van der Waals surface area contributed by atoms with Crippen molar-refractivity contribution in [3.63, 3.8) is 0 Å². The highest BCUT2D eigenvalue weighted by atomic mass is 16.5. The minimum absolute atomic E-state index is 0.0214. The maximum atomic E-state index is 12.2. The molecule has 154 valence electrons. The molecule has 1 amide bonds. The Morgan fingerprint density at radius 1 is 1.11 bits per heavy atom. The molecular formula is C18H24N2O8. The Hall–Kier alpha value is -3.14. The zero-order valence-corrected chi connectivity index (χ0v) is 15.9. The minimum Gasteiger partial charge on any atom is -0.507 e. The van der Waals surface area contributed by atoms with Crippen LogP contribution in [-0.2, 0) is 35.0 Å². The summed E-state index contributed by atoms with van der Waals surface area (Å²) in [5, 5.41) is 12.2. The maximum absolute atomic E-state index is 12.2. The molecule has 1 rings (SSSR count). The predicted octanol–water partition coefficient (Wildman–Crippen LogP) is -0.340. The molecule has 0 heterocycles. The van der Waals surface area contributed by atoms with Crippen molar-refractivity contribution in [1.29, 1.82) is 0 Å². The lowest BCUT2D eigenvalue weighted by Crippen LogP contribution is -2.49. The minimum atomic E-state index is -1.09. The van der Waals surface area contributed by atoms with Gasteiger partial charge >= 0.3 is 17.9 Å². The van der Waals surface area contributed by atoms with Crippen LogP contribution in [0.15, 0.2) is 18.2 Å². The van der Waals surface area contributed by atoms with Gasteiger partial charge in [0.05, 0.1) is 27.4 Å². The molecule has 10 heteroatoms. The number of esters is 3. The fraction of sp³-hybridized carbons (Fsp3) is 0.444. The average molecular weight is 396 g/mol. The van der Waals surface area contributed by atoms with Gasteiger partial charge in [-0.1, -0.05) is 6.07 Å². The van der Waals surface area contributed by atoms with E-state index in [2.05, 4.69) is 14.8 Å². The molecule has 0 aliphatic rings. The van der Waals surface area contributed by atoms with Crippen molar-refractivity contribution in [3.8, 4) is 5.75 Å². The number of nitrogens with one attached hydrogen (secondary N) is 1. The summed E-state index contributed by atoms with van der Waals surface area (Å²) in [7, 11) is 3.55. The van der Waals surface area contributed by atoms with Crippen molar-refractivity contribution in [3.05, 3.63) is 29.3 Å². The summed E-state index contributed by atoms with van der Waals surface area (Å²) in [4.78, 5) is 47.1. The molecule has 0 saturated carbocycles. The fourth-order valence-corrected chi connectivity index (χ4v) is 2.34. The molecule has 0 aliphatic carbocycles. The van der Waals surface area contributed by atoms with E-state index >= 15 is 0 Å². The number of hydrogen-bond acceptors (Lipinski definition) is 9. The molecule has 1 aromatic rings. The molecule has 0 unspecified atom stereocenters. The van der Waals surface area contributed by atoms with Gasteiger partial charge in [-0.3, -0.25) is 9.59 Å². The first-order chi connectivity index (χ1) is 13.2. The summed E-state index contributed by atoms with van der Waals surface area (Å²) in [5.41, 5.74) is 6.13. The normalized spacial score (nSPS) is 12.4. The van der Waals surface area contributed by atoms with E-state index in [0.717, 1.165) is 7.11 Å². The van der Waals surface area contributed by atoms with Gasteiger partial charge in [0, 0.05) is 12.8 Å². The number of nitrogens with two attached hydrogens (primary N) is 1. The van der Waals surface area contributed by atoms with Crippen LogP contribution >= 0.6 is 0 Å². The van der Waals surface area contributed by atoms with Crippen molar-refractivity contribution in [2.75, 3.05) is 21.3 Å². The van der Waals surface area contributed by atoms with E-state index in [9.17, 15) is 24.3 Å². The second-order valence-corrected chi connectivity index (χ2v) is 5.85. The molecule has 0 saturated heterocycles. The van der Waals surface area contributed by atoms with Crippen LogP contribution in [0, 0.1) is 0 Å². The first kappa shape index (κ1) is 22.9. The van der Waals surface area contributed by atoms with Gasteiger partial charge < -0.3 is 30.4 Å². The van der Waals surface area contributed by atoms with E-state index in [1.54, 1.807) is 0 Å². The Labute approximate surface area is 161 Å². The van der Waals surface area contributed by atoms with Gasteiger partial charge in [0.1, 0.15) is 17.4 Å². The number of benzene rings is 1. The monoisotopic (exact) mass is 396 g/mol. The number of phenolic OH excluding ortho intramolecular Hbond substituents is 1. The third-order valence-corrected chi connectivity index (χ3v) is 3.93. The quantitative estimate of drug-likeness (QED) is 0.375. The molecule has 0 fully saturated rings. The average Bonchev–Trinajstić information content (AvgIpc) is 2.70. The van der Waals surface area contributed by atoms with Gasteiger partial charge in [0.2, 0.25) is 5.91 Å². The lowest BCUT2D eigenvalue weighted by molar-refractivity contribution is -0.145. The van der Waals surface area contributed by atoms with Gasteiger partial charge in [-0.2, -0.15) is 0 Å². The highest BCUT2D eigenvalue weighted by Gasteiger charge is 2.26. The Kier molecular flexibility index (Phi) is 8.89. The van der Waals surface area contributed by atoms with Crippen molar-refractivity contribution in [2.45, 2.75) is 31.3 Å². The van der Waals surface area contributed by atoms with Crippen LogP contribution in [0.25, 0.3) is 0 Å². The summed E-state index contributed by atoms with van der Waals surface area (Å²) >= 11 is 0. The van der Waals surface area contributed by atoms with E-state index in [1.807, 2.05) is 0 Å². The molecule has 4 N–H and O–H groups in total. The predicted molar refractivity (Wildman–Crippen MR) is 96.3 cm³/mol.